The Hall–Kier alpha value is -1.12. The van der Waals surface area contributed by atoms with Crippen LogP contribution < -0.4 is 5.73 Å². The summed E-state index contributed by atoms with van der Waals surface area (Å²) < 4.78 is 0. The molecule has 2 nitrogen and oxygen atoms in total. The fourth-order valence-corrected chi connectivity index (χ4v) is 1.94. The lowest BCUT2D eigenvalue weighted by Gasteiger charge is -2.11. The molecule has 0 aliphatic heterocycles. The van der Waals surface area contributed by atoms with Gasteiger partial charge in [0, 0.05) is 28.6 Å². The molecule has 1 atom stereocenters. The van der Waals surface area contributed by atoms with E-state index in [1.54, 1.807) is 0 Å². The fraction of sp³-hybridized carbons (Fsp3) is 0.308. The van der Waals surface area contributed by atoms with Crippen molar-refractivity contribution >= 4 is 22.5 Å². The molecule has 1 heterocycles. The third-order valence-corrected chi connectivity index (χ3v) is 3.09. The zero-order valence-corrected chi connectivity index (χ0v) is 10.3. The molecule has 84 valence electrons. The zero-order chi connectivity index (χ0) is 11.7. The van der Waals surface area contributed by atoms with Crippen molar-refractivity contribution in [1.29, 1.82) is 0 Å². The second-order valence-corrected chi connectivity index (χ2v) is 4.60. The molecule has 0 spiro atoms. The van der Waals surface area contributed by atoms with Crippen molar-refractivity contribution < 1.29 is 0 Å². The topological polar surface area (TPSA) is 38.9 Å². The number of rotatable bonds is 2. The molecule has 1 aromatic heterocycles. The van der Waals surface area contributed by atoms with E-state index in [9.17, 15) is 0 Å². The van der Waals surface area contributed by atoms with E-state index in [0.29, 0.717) is 6.54 Å². The number of hydrogen-bond acceptors (Lipinski definition) is 2. The maximum atomic E-state index is 5.97. The number of nitrogens with zero attached hydrogens (tertiary/aromatic N) is 1. The van der Waals surface area contributed by atoms with Crippen LogP contribution in [0.4, 0.5) is 0 Å². The van der Waals surface area contributed by atoms with Crippen LogP contribution in [0.15, 0.2) is 24.3 Å². The molecule has 3 heteroatoms. The minimum Gasteiger partial charge on any atom is -0.330 e. The molecular formula is C13H15ClN2. The molecule has 0 aliphatic rings. The van der Waals surface area contributed by atoms with Crippen molar-refractivity contribution in [2.24, 2.45) is 5.73 Å². The number of halogens is 1. The molecule has 0 saturated heterocycles. The predicted molar refractivity (Wildman–Crippen MR) is 69.0 cm³/mol. The van der Waals surface area contributed by atoms with Gasteiger partial charge < -0.3 is 5.73 Å². The number of aryl methyl sites for hydroxylation is 1. The number of nitrogens with two attached hydrogens (primary N) is 1. The third-order valence-electron chi connectivity index (χ3n) is 2.86. The van der Waals surface area contributed by atoms with Crippen molar-refractivity contribution in [3.05, 3.63) is 40.5 Å². The summed E-state index contributed by atoms with van der Waals surface area (Å²) in [6, 6.07) is 7.91. The van der Waals surface area contributed by atoms with Gasteiger partial charge in [-0.15, -0.1) is 0 Å². The maximum Gasteiger partial charge on any atom is 0.0722 e. The normalized spacial score (nSPS) is 13.0. The van der Waals surface area contributed by atoms with E-state index in [0.717, 1.165) is 21.6 Å². The van der Waals surface area contributed by atoms with Crippen LogP contribution in [0.3, 0.4) is 0 Å². The van der Waals surface area contributed by atoms with E-state index in [-0.39, 0.29) is 5.92 Å². The molecule has 1 unspecified atom stereocenters. The van der Waals surface area contributed by atoms with Crippen LogP contribution in [0.25, 0.3) is 10.9 Å². The molecule has 0 fully saturated rings. The number of aromatic nitrogens is 1. The third kappa shape index (κ3) is 2.04. The molecule has 2 rings (SSSR count). The highest BCUT2D eigenvalue weighted by Gasteiger charge is 2.08. The van der Waals surface area contributed by atoms with E-state index >= 15 is 0 Å². The summed E-state index contributed by atoms with van der Waals surface area (Å²) in [5, 5.41) is 1.87. The molecule has 1 aromatic carbocycles. The first-order valence-electron chi connectivity index (χ1n) is 5.38. The van der Waals surface area contributed by atoms with E-state index in [4.69, 9.17) is 17.3 Å². The van der Waals surface area contributed by atoms with Gasteiger partial charge in [0.2, 0.25) is 0 Å². The van der Waals surface area contributed by atoms with Gasteiger partial charge >= 0.3 is 0 Å². The molecule has 0 amide bonds. The van der Waals surface area contributed by atoms with Gasteiger partial charge in [-0.1, -0.05) is 24.6 Å². The summed E-state index contributed by atoms with van der Waals surface area (Å²) in [6.45, 7) is 4.78. The van der Waals surface area contributed by atoms with Crippen LogP contribution in [0.5, 0.6) is 0 Å². The number of fused-ring (bicyclic) bond motifs is 1. The van der Waals surface area contributed by atoms with Crippen molar-refractivity contribution in [1.82, 2.24) is 4.98 Å². The largest absolute Gasteiger partial charge is 0.330 e. The Balaban J connectivity index is 2.65. The monoisotopic (exact) mass is 234 g/mol. The van der Waals surface area contributed by atoms with E-state index < -0.39 is 0 Å². The first kappa shape index (κ1) is 11.4. The molecule has 16 heavy (non-hydrogen) atoms. The molecular weight excluding hydrogens is 220 g/mol. The van der Waals surface area contributed by atoms with Crippen LogP contribution >= 0.6 is 11.6 Å². The highest BCUT2D eigenvalue weighted by Crippen LogP contribution is 2.24. The van der Waals surface area contributed by atoms with Crippen molar-refractivity contribution in [2.75, 3.05) is 6.54 Å². The standard InChI is InChI=1S/C13H15ClN2/c1-8-5-12(9(2)7-15)16-13-6-10(14)3-4-11(8)13/h3-6,9H,7,15H2,1-2H3. The minimum atomic E-state index is 0.280. The molecule has 0 saturated carbocycles. The highest BCUT2D eigenvalue weighted by molar-refractivity contribution is 6.31. The average molecular weight is 235 g/mol. The Morgan fingerprint density at radius 2 is 2.12 bits per heavy atom. The van der Waals surface area contributed by atoms with Gasteiger partial charge in [-0.2, -0.15) is 0 Å². The van der Waals surface area contributed by atoms with Gasteiger partial charge in [0.1, 0.15) is 0 Å². The van der Waals surface area contributed by atoms with Gasteiger partial charge in [-0.05, 0) is 30.7 Å². The second kappa shape index (κ2) is 4.40. The summed E-state index contributed by atoms with van der Waals surface area (Å²) in [4.78, 5) is 4.60. The number of hydrogen-bond donors (Lipinski definition) is 1. The maximum absolute atomic E-state index is 5.97. The lowest BCUT2D eigenvalue weighted by Crippen LogP contribution is -2.10. The minimum absolute atomic E-state index is 0.280. The van der Waals surface area contributed by atoms with E-state index in [2.05, 4.69) is 24.9 Å². The Labute approximate surface area is 100 Å². The highest BCUT2D eigenvalue weighted by atomic mass is 35.5. The number of benzene rings is 1. The second-order valence-electron chi connectivity index (χ2n) is 4.16. The zero-order valence-electron chi connectivity index (χ0n) is 9.50. The van der Waals surface area contributed by atoms with E-state index in [1.165, 1.54) is 5.56 Å². The van der Waals surface area contributed by atoms with Crippen LogP contribution in [-0.4, -0.2) is 11.5 Å². The van der Waals surface area contributed by atoms with Crippen LogP contribution in [-0.2, 0) is 0 Å². The average Bonchev–Trinajstić information content (AvgIpc) is 2.27. The summed E-state index contributed by atoms with van der Waals surface area (Å²) in [6.07, 6.45) is 0. The van der Waals surface area contributed by atoms with Gasteiger partial charge in [-0.3, -0.25) is 4.98 Å². The van der Waals surface area contributed by atoms with Crippen molar-refractivity contribution in [2.45, 2.75) is 19.8 Å². The summed E-state index contributed by atoms with van der Waals surface area (Å²) in [7, 11) is 0. The molecule has 0 radical (unpaired) electrons. The Morgan fingerprint density at radius 3 is 2.81 bits per heavy atom. The lowest BCUT2D eigenvalue weighted by molar-refractivity contribution is 0.749. The first-order chi connectivity index (χ1) is 7.61. The molecule has 0 bridgehead atoms. The van der Waals surface area contributed by atoms with Gasteiger partial charge in [-0.25, -0.2) is 0 Å². The quantitative estimate of drug-likeness (QED) is 0.866. The van der Waals surface area contributed by atoms with Gasteiger partial charge in [0.25, 0.3) is 0 Å². The Kier molecular flexibility index (Phi) is 3.13. The van der Waals surface area contributed by atoms with Gasteiger partial charge in [0.05, 0.1) is 5.52 Å². The molecule has 2 aromatic rings. The van der Waals surface area contributed by atoms with Crippen molar-refractivity contribution in [3.63, 3.8) is 0 Å². The molecule has 2 N–H and O–H groups in total. The first-order valence-corrected chi connectivity index (χ1v) is 5.76. The Morgan fingerprint density at radius 1 is 1.38 bits per heavy atom. The molecule has 0 aliphatic carbocycles. The van der Waals surface area contributed by atoms with Crippen LogP contribution in [0.2, 0.25) is 5.02 Å². The number of pyridine rings is 1. The summed E-state index contributed by atoms with van der Waals surface area (Å²) in [5.41, 5.74) is 8.87. The van der Waals surface area contributed by atoms with Crippen LogP contribution in [0, 0.1) is 6.92 Å². The smallest absolute Gasteiger partial charge is 0.0722 e. The SMILES string of the molecule is Cc1cc(C(C)CN)nc2cc(Cl)ccc12. The Bertz CT molecular complexity index is 523. The summed E-state index contributed by atoms with van der Waals surface area (Å²) in [5.74, 6) is 0.280. The summed E-state index contributed by atoms with van der Waals surface area (Å²) >= 11 is 5.97. The van der Waals surface area contributed by atoms with Crippen LogP contribution in [0.1, 0.15) is 24.1 Å². The van der Waals surface area contributed by atoms with Gasteiger partial charge in [0.15, 0.2) is 0 Å². The predicted octanol–water partition coefficient (Wildman–Crippen LogP) is 3.26. The van der Waals surface area contributed by atoms with E-state index in [1.807, 2.05) is 18.2 Å². The van der Waals surface area contributed by atoms with Crippen molar-refractivity contribution in [3.8, 4) is 0 Å². The fourth-order valence-electron chi connectivity index (χ4n) is 1.77. The lowest BCUT2D eigenvalue weighted by atomic mass is 10.0.